The van der Waals surface area contributed by atoms with Gasteiger partial charge in [0, 0.05) is 19.6 Å². The Morgan fingerprint density at radius 3 is 2.78 bits per heavy atom. The van der Waals surface area contributed by atoms with E-state index in [2.05, 4.69) is 6.92 Å². The van der Waals surface area contributed by atoms with Crippen LogP contribution in [0.5, 0.6) is 0 Å². The highest BCUT2D eigenvalue weighted by Gasteiger charge is 2.20. The molecule has 2 atom stereocenters. The molecule has 0 amide bonds. The molecule has 1 rings (SSSR count). The van der Waals surface area contributed by atoms with Crippen molar-refractivity contribution in [2.24, 2.45) is 5.92 Å². The first-order chi connectivity index (χ1) is 4.34. The molecule has 0 aromatic heterocycles. The van der Waals surface area contributed by atoms with E-state index in [4.69, 9.17) is 9.47 Å². The number of hydrogen-bond donors (Lipinski definition) is 0. The third-order valence-corrected chi connectivity index (χ3v) is 1.78. The fraction of sp³-hybridized carbons (Fsp3) is 1.00. The van der Waals surface area contributed by atoms with Crippen LogP contribution in [0.2, 0.25) is 0 Å². The summed E-state index contributed by atoms with van der Waals surface area (Å²) in [5, 5.41) is 0. The minimum atomic E-state index is 0.0544. The van der Waals surface area contributed by atoms with Crippen molar-refractivity contribution in [2.75, 3.05) is 13.7 Å². The Morgan fingerprint density at radius 2 is 2.33 bits per heavy atom. The zero-order valence-electron chi connectivity index (χ0n) is 6.09. The summed E-state index contributed by atoms with van der Waals surface area (Å²) in [4.78, 5) is 0. The average molecular weight is 130 g/mol. The van der Waals surface area contributed by atoms with Gasteiger partial charge in [0.2, 0.25) is 0 Å². The van der Waals surface area contributed by atoms with Crippen LogP contribution >= 0.6 is 0 Å². The molecule has 2 unspecified atom stereocenters. The second-order valence-electron chi connectivity index (χ2n) is 2.59. The summed E-state index contributed by atoms with van der Waals surface area (Å²) in [6, 6.07) is 0. The summed E-state index contributed by atoms with van der Waals surface area (Å²) in [5.41, 5.74) is 0. The monoisotopic (exact) mass is 130 g/mol. The molecule has 0 aromatic carbocycles. The van der Waals surface area contributed by atoms with E-state index >= 15 is 0 Å². The van der Waals surface area contributed by atoms with E-state index < -0.39 is 0 Å². The van der Waals surface area contributed by atoms with Crippen molar-refractivity contribution in [2.45, 2.75) is 26.1 Å². The van der Waals surface area contributed by atoms with Crippen molar-refractivity contribution < 1.29 is 9.47 Å². The van der Waals surface area contributed by atoms with Crippen LogP contribution in [0.4, 0.5) is 0 Å². The fourth-order valence-electron chi connectivity index (χ4n) is 1.21. The van der Waals surface area contributed by atoms with Crippen LogP contribution in [0.1, 0.15) is 19.8 Å². The maximum Gasteiger partial charge on any atom is 0.159 e. The maximum absolute atomic E-state index is 5.32. The van der Waals surface area contributed by atoms with Gasteiger partial charge < -0.3 is 9.47 Å². The van der Waals surface area contributed by atoms with E-state index in [1.165, 1.54) is 12.8 Å². The topological polar surface area (TPSA) is 18.5 Å². The minimum absolute atomic E-state index is 0.0544. The van der Waals surface area contributed by atoms with Crippen LogP contribution in [-0.2, 0) is 9.47 Å². The summed E-state index contributed by atoms with van der Waals surface area (Å²) in [5.74, 6) is 0.573. The molecule has 1 heterocycles. The molecule has 0 N–H and O–H groups in total. The Labute approximate surface area is 56.2 Å². The largest absolute Gasteiger partial charge is 0.356 e. The van der Waals surface area contributed by atoms with Crippen LogP contribution in [0, 0.1) is 5.92 Å². The SMILES string of the molecule is COC1OCCCC1C. The third-order valence-electron chi connectivity index (χ3n) is 1.78. The van der Waals surface area contributed by atoms with Gasteiger partial charge in [-0.15, -0.1) is 0 Å². The lowest BCUT2D eigenvalue weighted by atomic mass is 10.0. The Kier molecular flexibility index (Phi) is 2.49. The van der Waals surface area contributed by atoms with Crippen molar-refractivity contribution in [3.05, 3.63) is 0 Å². The van der Waals surface area contributed by atoms with E-state index in [-0.39, 0.29) is 6.29 Å². The maximum atomic E-state index is 5.32. The van der Waals surface area contributed by atoms with Crippen molar-refractivity contribution in [3.63, 3.8) is 0 Å². The van der Waals surface area contributed by atoms with Crippen LogP contribution in [0.25, 0.3) is 0 Å². The van der Waals surface area contributed by atoms with Crippen LogP contribution in [-0.4, -0.2) is 20.0 Å². The summed E-state index contributed by atoms with van der Waals surface area (Å²) < 4.78 is 10.4. The molecule has 0 bridgehead atoms. The number of ether oxygens (including phenoxy) is 2. The molecular weight excluding hydrogens is 116 g/mol. The lowest BCUT2D eigenvalue weighted by Crippen LogP contribution is -2.28. The molecule has 0 aromatic rings. The molecular formula is C7H14O2. The molecule has 1 aliphatic rings. The molecule has 54 valence electrons. The molecule has 0 aliphatic carbocycles. The average Bonchev–Trinajstić information content (AvgIpc) is 1.89. The summed E-state index contributed by atoms with van der Waals surface area (Å²) in [6.45, 7) is 3.02. The van der Waals surface area contributed by atoms with Crippen LogP contribution < -0.4 is 0 Å². The molecule has 0 spiro atoms. The Hall–Kier alpha value is -0.0800. The quantitative estimate of drug-likeness (QED) is 0.534. The molecule has 0 saturated carbocycles. The second-order valence-corrected chi connectivity index (χ2v) is 2.59. The highest BCUT2D eigenvalue weighted by atomic mass is 16.7. The van der Waals surface area contributed by atoms with Gasteiger partial charge in [-0.05, 0) is 12.8 Å². The summed E-state index contributed by atoms with van der Waals surface area (Å²) in [7, 11) is 1.70. The smallest absolute Gasteiger partial charge is 0.159 e. The molecule has 1 aliphatic heterocycles. The number of methoxy groups -OCH3 is 1. The molecule has 0 radical (unpaired) electrons. The highest BCUT2D eigenvalue weighted by molar-refractivity contribution is 4.61. The molecule has 9 heavy (non-hydrogen) atoms. The zero-order valence-corrected chi connectivity index (χ0v) is 6.09. The van der Waals surface area contributed by atoms with Gasteiger partial charge in [0.1, 0.15) is 0 Å². The van der Waals surface area contributed by atoms with E-state index in [1.54, 1.807) is 7.11 Å². The van der Waals surface area contributed by atoms with Gasteiger partial charge >= 0.3 is 0 Å². The minimum Gasteiger partial charge on any atom is -0.356 e. The van der Waals surface area contributed by atoms with E-state index in [0.29, 0.717) is 5.92 Å². The van der Waals surface area contributed by atoms with Crippen molar-refractivity contribution in [1.82, 2.24) is 0 Å². The van der Waals surface area contributed by atoms with Gasteiger partial charge in [0.15, 0.2) is 6.29 Å². The van der Waals surface area contributed by atoms with Gasteiger partial charge in [-0.2, -0.15) is 0 Å². The first-order valence-corrected chi connectivity index (χ1v) is 3.49. The van der Waals surface area contributed by atoms with Crippen molar-refractivity contribution >= 4 is 0 Å². The summed E-state index contributed by atoms with van der Waals surface area (Å²) in [6.07, 6.45) is 2.47. The fourth-order valence-corrected chi connectivity index (χ4v) is 1.21. The van der Waals surface area contributed by atoms with Gasteiger partial charge in [-0.3, -0.25) is 0 Å². The van der Waals surface area contributed by atoms with Gasteiger partial charge in [0.25, 0.3) is 0 Å². The molecule has 2 heteroatoms. The van der Waals surface area contributed by atoms with Crippen LogP contribution in [0.3, 0.4) is 0 Å². The normalized spacial score (nSPS) is 36.7. The Morgan fingerprint density at radius 1 is 1.56 bits per heavy atom. The van der Waals surface area contributed by atoms with Crippen LogP contribution in [0.15, 0.2) is 0 Å². The number of rotatable bonds is 1. The second kappa shape index (κ2) is 3.18. The molecule has 1 saturated heterocycles. The lowest BCUT2D eigenvalue weighted by molar-refractivity contribution is -0.173. The Balaban J connectivity index is 2.30. The zero-order chi connectivity index (χ0) is 6.69. The van der Waals surface area contributed by atoms with Gasteiger partial charge in [0.05, 0.1) is 0 Å². The molecule has 1 fully saturated rings. The van der Waals surface area contributed by atoms with Crippen molar-refractivity contribution in [3.8, 4) is 0 Å². The molecule has 2 nitrogen and oxygen atoms in total. The Bertz CT molecular complexity index is 83.0. The van der Waals surface area contributed by atoms with Gasteiger partial charge in [-0.1, -0.05) is 6.92 Å². The number of hydrogen-bond acceptors (Lipinski definition) is 2. The van der Waals surface area contributed by atoms with Gasteiger partial charge in [-0.25, -0.2) is 0 Å². The van der Waals surface area contributed by atoms with Crippen molar-refractivity contribution in [1.29, 1.82) is 0 Å². The summed E-state index contributed by atoms with van der Waals surface area (Å²) >= 11 is 0. The highest BCUT2D eigenvalue weighted by Crippen LogP contribution is 2.19. The third kappa shape index (κ3) is 1.66. The lowest BCUT2D eigenvalue weighted by Gasteiger charge is -2.27. The first-order valence-electron chi connectivity index (χ1n) is 3.49. The van der Waals surface area contributed by atoms with E-state index in [0.717, 1.165) is 6.61 Å². The standard InChI is InChI=1S/C7H14O2/c1-6-4-3-5-9-7(6)8-2/h6-7H,3-5H2,1-2H3. The van der Waals surface area contributed by atoms with E-state index in [9.17, 15) is 0 Å². The van der Waals surface area contributed by atoms with E-state index in [1.807, 2.05) is 0 Å². The first kappa shape index (κ1) is 7.03. The predicted molar refractivity (Wildman–Crippen MR) is 35.1 cm³/mol. The predicted octanol–water partition coefficient (Wildman–Crippen LogP) is 1.41.